The molecule has 0 saturated carbocycles. The van der Waals surface area contributed by atoms with Crippen LogP contribution in [-0.2, 0) is 27.3 Å². The Labute approximate surface area is 166 Å². The summed E-state index contributed by atoms with van der Waals surface area (Å²) in [7, 11) is 0. The van der Waals surface area contributed by atoms with Crippen molar-refractivity contribution < 1.29 is 14.3 Å². The minimum Gasteiger partial charge on any atom is -0.459 e. The van der Waals surface area contributed by atoms with Crippen molar-refractivity contribution in [2.75, 3.05) is 13.2 Å². The molecule has 0 spiro atoms. The van der Waals surface area contributed by atoms with Crippen LogP contribution in [0.1, 0.15) is 42.5 Å². The Morgan fingerprint density at radius 2 is 2.04 bits per heavy atom. The summed E-state index contributed by atoms with van der Waals surface area (Å²) in [5, 5.41) is 5.05. The number of hydrogen-bond donors (Lipinski definition) is 0. The van der Waals surface area contributed by atoms with Crippen molar-refractivity contribution in [2.45, 2.75) is 39.2 Å². The van der Waals surface area contributed by atoms with Crippen LogP contribution in [0, 0.1) is 0 Å². The quantitative estimate of drug-likeness (QED) is 0.405. The van der Waals surface area contributed by atoms with Crippen LogP contribution in [-0.4, -0.2) is 33.8 Å². The van der Waals surface area contributed by atoms with E-state index in [1.807, 2.05) is 44.2 Å². The highest BCUT2D eigenvalue weighted by Gasteiger charge is 2.20. The molecule has 2 aromatic heterocycles. The van der Waals surface area contributed by atoms with Crippen molar-refractivity contribution in [3.63, 3.8) is 0 Å². The number of benzene rings is 1. The number of ether oxygens (including phenoxy) is 2. The highest BCUT2D eigenvalue weighted by molar-refractivity contribution is 7.16. The predicted molar refractivity (Wildman–Crippen MR) is 107 cm³/mol. The Balaban J connectivity index is 1.70. The van der Waals surface area contributed by atoms with E-state index < -0.39 is 0 Å². The molecule has 7 nitrogen and oxygen atoms in total. The Morgan fingerprint density at radius 3 is 2.75 bits per heavy atom. The van der Waals surface area contributed by atoms with Gasteiger partial charge in [0, 0.05) is 19.1 Å². The zero-order valence-corrected chi connectivity index (χ0v) is 16.8. The number of rotatable bonds is 9. The summed E-state index contributed by atoms with van der Waals surface area (Å²) in [5.74, 6) is -0.656. The summed E-state index contributed by atoms with van der Waals surface area (Å²) in [6.07, 6.45) is 1.26. The third-order valence-corrected chi connectivity index (χ3v) is 5.23. The maximum absolute atomic E-state index is 12.5. The van der Waals surface area contributed by atoms with Gasteiger partial charge in [-0.05, 0) is 18.9 Å². The first-order chi connectivity index (χ1) is 13.6. The Hall–Kier alpha value is -2.58. The van der Waals surface area contributed by atoms with Crippen LogP contribution in [0.15, 0.2) is 41.2 Å². The summed E-state index contributed by atoms with van der Waals surface area (Å²) >= 11 is 1.34. The molecular formula is C20H23N3O4S. The van der Waals surface area contributed by atoms with Gasteiger partial charge in [-0.1, -0.05) is 48.6 Å². The topological polar surface area (TPSA) is 82.8 Å². The minimum absolute atomic E-state index is 0.0416. The minimum atomic E-state index is -0.334. The van der Waals surface area contributed by atoms with Crippen LogP contribution in [0.5, 0.6) is 0 Å². The van der Waals surface area contributed by atoms with E-state index in [1.165, 1.54) is 21.9 Å². The molecule has 8 heteroatoms. The summed E-state index contributed by atoms with van der Waals surface area (Å²) in [4.78, 5) is 29.7. The lowest BCUT2D eigenvalue weighted by Gasteiger charge is -2.14. The largest absolute Gasteiger partial charge is 0.459 e. The van der Waals surface area contributed by atoms with E-state index >= 15 is 0 Å². The Morgan fingerprint density at radius 1 is 1.25 bits per heavy atom. The molecule has 3 rings (SSSR count). The van der Waals surface area contributed by atoms with Gasteiger partial charge in [-0.25, -0.2) is 4.98 Å². The zero-order valence-electron chi connectivity index (χ0n) is 16.0. The van der Waals surface area contributed by atoms with E-state index in [9.17, 15) is 9.59 Å². The summed E-state index contributed by atoms with van der Waals surface area (Å²) in [6.45, 7) is 5.02. The lowest BCUT2D eigenvalue weighted by atomic mass is 9.97. The van der Waals surface area contributed by atoms with Crippen LogP contribution < -0.4 is 5.56 Å². The molecule has 0 fully saturated rings. The van der Waals surface area contributed by atoms with Crippen LogP contribution in [0.4, 0.5) is 0 Å². The highest BCUT2D eigenvalue weighted by Crippen LogP contribution is 2.21. The second-order valence-corrected chi connectivity index (χ2v) is 7.24. The van der Waals surface area contributed by atoms with Crippen molar-refractivity contribution in [1.29, 1.82) is 0 Å². The van der Waals surface area contributed by atoms with Gasteiger partial charge < -0.3 is 9.47 Å². The first-order valence-corrected chi connectivity index (χ1v) is 10.1. The number of carbonyl (C=O) groups excluding carboxylic acids is 1. The van der Waals surface area contributed by atoms with Crippen molar-refractivity contribution in [2.24, 2.45) is 0 Å². The lowest BCUT2D eigenvalue weighted by molar-refractivity contribution is -0.147. The Bertz CT molecular complexity index is 984. The number of fused-ring (bicyclic) bond motifs is 1. The average molecular weight is 401 g/mol. The second kappa shape index (κ2) is 9.57. The predicted octanol–water partition coefficient (Wildman–Crippen LogP) is 2.97. The molecule has 3 aromatic rings. The Kier molecular flexibility index (Phi) is 6.89. The van der Waals surface area contributed by atoms with Gasteiger partial charge in [0.1, 0.15) is 11.6 Å². The van der Waals surface area contributed by atoms with Crippen LogP contribution >= 0.6 is 11.3 Å². The summed E-state index contributed by atoms with van der Waals surface area (Å²) < 4.78 is 12.0. The molecule has 1 atom stereocenters. The highest BCUT2D eigenvalue weighted by atomic mass is 32.1. The van der Waals surface area contributed by atoms with E-state index in [1.54, 1.807) is 0 Å². The standard InChI is InChI=1S/C20H23N3O4S/c1-3-16(14-8-6-5-7-9-14)19(25)27-13-15-12-18(24)23-20(21-15)28-17(22-23)10-11-26-4-2/h5-9,12,16H,3-4,10-11,13H2,1-2H3. The lowest BCUT2D eigenvalue weighted by Crippen LogP contribution is -2.19. The van der Waals surface area contributed by atoms with Gasteiger partial charge in [-0.3, -0.25) is 9.59 Å². The molecule has 0 saturated heterocycles. The number of aromatic nitrogens is 3. The fourth-order valence-corrected chi connectivity index (χ4v) is 3.74. The smallest absolute Gasteiger partial charge is 0.313 e. The third kappa shape index (κ3) is 4.82. The molecule has 0 amide bonds. The summed E-state index contributed by atoms with van der Waals surface area (Å²) in [6, 6.07) is 10.9. The van der Waals surface area contributed by atoms with Crippen LogP contribution in [0.3, 0.4) is 0 Å². The van der Waals surface area contributed by atoms with Gasteiger partial charge >= 0.3 is 5.97 Å². The van der Waals surface area contributed by atoms with Crippen LogP contribution in [0.25, 0.3) is 4.96 Å². The van der Waals surface area contributed by atoms with E-state index in [0.717, 1.165) is 10.6 Å². The SMILES string of the molecule is CCOCCc1nn2c(=O)cc(COC(=O)C(CC)c3ccccc3)nc2s1. The van der Waals surface area contributed by atoms with Gasteiger partial charge in [-0.15, -0.1) is 0 Å². The van der Waals surface area contributed by atoms with Gasteiger partial charge in [0.25, 0.3) is 5.56 Å². The van der Waals surface area contributed by atoms with Gasteiger partial charge in [0.15, 0.2) is 0 Å². The first kappa shape index (κ1) is 20.2. The molecule has 148 valence electrons. The molecule has 0 bridgehead atoms. The van der Waals surface area contributed by atoms with Gasteiger partial charge in [-0.2, -0.15) is 9.61 Å². The van der Waals surface area contributed by atoms with Crippen molar-refractivity contribution >= 4 is 22.3 Å². The van der Waals surface area contributed by atoms with E-state index in [4.69, 9.17) is 9.47 Å². The van der Waals surface area contributed by atoms with E-state index in [-0.39, 0.29) is 24.1 Å². The normalized spacial score (nSPS) is 12.2. The number of hydrogen-bond acceptors (Lipinski definition) is 7. The van der Waals surface area contributed by atoms with Crippen molar-refractivity contribution in [3.8, 4) is 0 Å². The number of nitrogens with zero attached hydrogens (tertiary/aromatic N) is 3. The van der Waals surface area contributed by atoms with E-state index in [2.05, 4.69) is 10.1 Å². The van der Waals surface area contributed by atoms with Crippen molar-refractivity contribution in [1.82, 2.24) is 14.6 Å². The monoisotopic (exact) mass is 401 g/mol. The first-order valence-electron chi connectivity index (χ1n) is 9.30. The molecule has 0 aliphatic heterocycles. The molecule has 1 aromatic carbocycles. The van der Waals surface area contributed by atoms with Gasteiger partial charge in [0.05, 0.1) is 18.2 Å². The molecular weight excluding hydrogens is 378 g/mol. The molecule has 2 heterocycles. The van der Waals surface area contributed by atoms with Gasteiger partial charge in [0.2, 0.25) is 4.96 Å². The maximum atomic E-state index is 12.5. The zero-order chi connectivity index (χ0) is 19.9. The molecule has 0 N–H and O–H groups in total. The molecule has 0 aliphatic rings. The molecule has 0 aliphatic carbocycles. The summed E-state index contributed by atoms with van der Waals surface area (Å²) in [5.41, 5.74) is 1.05. The molecule has 0 radical (unpaired) electrons. The maximum Gasteiger partial charge on any atom is 0.313 e. The average Bonchev–Trinajstić information content (AvgIpc) is 3.11. The van der Waals surface area contributed by atoms with Crippen molar-refractivity contribution in [3.05, 3.63) is 63.0 Å². The van der Waals surface area contributed by atoms with Crippen LogP contribution in [0.2, 0.25) is 0 Å². The number of carbonyl (C=O) groups is 1. The molecule has 1 unspecified atom stereocenters. The van der Waals surface area contributed by atoms with E-state index in [0.29, 0.717) is 36.7 Å². The second-order valence-electron chi connectivity index (χ2n) is 6.20. The fourth-order valence-electron chi connectivity index (χ4n) is 2.84. The third-order valence-electron chi connectivity index (χ3n) is 4.26. The number of esters is 1. The fraction of sp³-hybridized carbons (Fsp3) is 0.400. The molecule has 28 heavy (non-hydrogen) atoms.